The average molecular weight is 887 g/mol. The number of hydrogen-bond donors (Lipinski definition) is 4. The molecule has 2 saturated carbocycles. The minimum atomic E-state index is -3.14. The number of hydrogen-bond acceptors (Lipinski definition) is 11. The number of amides is 4. The molecular formula is C48H64F2N8O6. The summed E-state index contributed by atoms with van der Waals surface area (Å²) in [6.07, 6.45) is 14.3. The predicted octanol–water partition coefficient (Wildman–Crippen LogP) is 7.48. The molecule has 0 bridgehead atoms. The lowest BCUT2D eigenvalue weighted by Crippen LogP contribution is -2.46. The number of halogens is 2. The first kappa shape index (κ1) is 49.2. The molecule has 14 nitrogen and oxygen atoms in total. The summed E-state index contributed by atoms with van der Waals surface area (Å²) in [6.45, 7) is 5.13. The van der Waals surface area contributed by atoms with Crippen LogP contribution in [0.3, 0.4) is 0 Å². The number of aldehydes is 1. The molecule has 1 unspecified atom stereocenters. The number of rotatable bonds is 16. The lowest BCUT2D eigenvalue weighted by Gasteiger charge is -2.52. The minimum Gasteiger partial charge on any atom is -0.494 e. The zero-order valence-electron chi connectivity index (χ0n) is 37.8. The van der Waals surface area contributed by atoms with Crippen LogP contribution in [0.2, 0.25) is 0 Å². The van der Waals surface area contributed by atoms with Gasteiger partial charge in [-0.2, -0.15) is 8.78 Å². The lowest BCUT2D eigenvalue weighted by molar-refractivity contribution is -0.132. The van der Waals surface area contributed by atoms with Crippen molar-refractivity contribution in [2.24, 2.45) is 16.3 Å². The van der Waals surface area contributed by atoms with Gasteiger partial charge in [-0.3, -0.25) is 29.1 Å². The van der Waals surface area contributed by atoms with Crippen molar-refractivity contribution in [1.29, 1.82) is 0 Å². The number of alkyl halides is 2. The molecule has 1 atom stereocenters. The maximum atomic E-state index is 13.5. The summed E-state index contributed by atoms with van der Waals surface area (Å²) in [5.41, 5.74) is 8.55. The number of anilines is 3. The highest BCUT2D eigenvalue weighted by atomic mass is 19.3. The van der Waals surface area contributed by atoms with E-state index in [-0.39, 0.29) is 30.5 Å². The zero-order chi connectivity index (χ0) is 46.4. The molecule has 1 spiro atoms. The standard InChI is InChI=1S/C26H38N4O4.C22H26F2N4O2/c1-19(32)30(21(18-31)8-9-24(33)27-2)25(34)22-6-4-5-7-23(22)28-13-10-20-16-26(17-20)11-14-29(3)15-12-26;1-22(23,24)20-10-6-9-17(27-20)21(29)28-18-11-14(16(25)12-19(18)30-2)13-26-15-7-4-3-5-8-15/h4-7,18,20-21,28H,8-17H2,1-3H3,(H,27,33);6,9-13,15H,3-5,7-8,25H2,1-2H3,(H,28,29). The Labute approximate surface area is 375 Å². The lowest BCUT2D eigenvalue weighted by atomic mass is 9.57. The van der Waals surface area contributed by atoms with Crippen LogP contribution in [0.15, 0.2) is 59.6 Å². The number of nitrogens with two attached hydrogens (primary N) is 1. The molecule has 64 heavy (non-hydrogen) atoms. The van der Waals surface area contributed by atoms with Crippen LogP contribution in [0.1, 0.15) is 123 Å². The minimum absolute atomic E-state index is 0.0516. The first-order chi connectivity index (χ1) is 30.6. The predicted molar refractivity (Wildman–Crippen MR) is 245 cm³/mol. The van der Waals surface area contributed by atoms with Crippen molar-refractivity contribution in [2.45, 2.75) is 109 Å². The van der Waals surface area contributed by atoms with Crippen LogP contribution >= 0.6 is 0 Å². The molecule has 2 aromatic carbocycles. The van der Waals surface area contributed by atoms with Gasteiger partial charge in [-0.05, 0) is 113 Å². The molecule has 2 aliphatic carbocycles. The number of ether oxygens (including phenoxy) is 1. The second kappa shape index (κ2) is 22.7. The van der Waals surface area contributed by atoms with Gasteiger partial charge in [0.25, 0.3) is 17.7 Å². The fraction of sp³-hybridized carbons (Fsp3) is 0.521. The zero-order valence-corrected chi connectivity index (χ0v) is 37.8. The summed E-state index contributed by atoms with van der Waals surface area (Å²) in [5, 5.41) is 8.55. The van der Waals surface area contributed by atoms with Crippen molar-refractivity contribution < 1.29 is 37.5 Å². The Kier molecular flexibility index (Phi) is 17.5. The number of benzene rings is 2. The molecular weight excluding hydrogens is 823 g/mol. The van der Waals surface area contributed by atoms with Crippen molar-refractivity contribution in [3.8, 4) is 5.75 Å². The number of likely N-dealkylation sites (tertiary alicyclic amines) is 1. The quantitative estimate of drug-likeness (QED) is 0.0638. The van der Waals surface area contributed by atoms with E-state index in [9.17, 15) is 32.8 Å². The molecule has 346 valence electrons. The van der Waals surface area contributed by atoms with E-state index in [2.05, 4.69) is 37.9 Å². The van der Waals surface area contributed by atoms with Crippen LogP contribution < -0.4 is 26.4 Å². The third kappa shape index (κ3) is 13.4. The second-order valence-electron chi connectivity index (χ2n) is 17.5. The molecule has 1 saturated heterocycles. The summed E-state index contributed by atoms with van der Waals surface area (Å²) < 4.78 is 32.4. The van der Waals surface area contributed by atoms with Gasteiger partial charge in [0.2, 0.25) is 11.8 Å². The smallest absolute Gasteiger partial charge is 0.287 e. The molecule has 1 aliphatic heterocycles. The van der Waals surface area contributed by atoms with Gasteiger partial charge in [0.05, 0.1) is 24.4 Å². The number of carbonyl (C=O) groups is 5. The largest absolute Gasteiger partial charge is 0.494 e. The fourth-order valence-electron chi connectivity index (χ4n) is 8.82. The molecule has 16 heteroatoms. The number of imide groups is 1. The maximum absolute atomic E-state index is 13.5. The number of para-hydroxylation sites is 1. The monoisotopic (exact) mass is 886 g/mol. The topological polar surface area (TPSA) is 188 Å². The summed E-state index contributed by atoms with van der Waals surface area (Å²) in [7, 11) is 5.15. The van der Waals surface area contributed by atoms with Gasteiger partial charge in [0, 0.05) is 69.1 Å². The third-order valence-electron chi connectivity index (χ3n) is 12.6. The molecule has 0 radical (unpaired) electrons. The molecule has 1 aromatic heterocycles. The SMILES string of the molecule is CNC(=O)CCC(C=O)N(C(C)=O)C(=O)c1ccccc1NCCC1CC2(CCN(C)CC2)C1.COc1cc(N)c(C=NC2CCCCC2)cc1NC(=O)c1cccc(C(C)(F)F)n1. The number of aliphatic imine (C=N–C) groups is 1. The Bertz CT molecular complexity index is 2120. The van der Waals surface area contributed by atoms with E-state index in [4.69, 9.17) is 10.5 Å². The van der Waals surface area contributed by atoms with E-state index in [1.165, 1.54) is 97.3 Å². The van der Waals surface area contributed by atoms with Crippen molar-refractivity contribution >= 4 is 53.2 Å². The van der Waals surface area contributed by atoms with Crippen LogP contribution in [0, 0.1) is 11.3 Å². The van der Waals surface area contributed by atoms with Gasteiger partial charge in [0.1, 0.15) is 23.4 Å². The summed E-state index contributed by atoms with van der Waals surface area (Å²) >= 11 is 0. The first-order valence-electron chi connectivity index (χ1n) is 22.2. The molecule has 6 rings (SSSR count). The second-order valence-corrected chi connectivity index (χ2v) is 17.5. The number of carbonyl (C=O) groups excluding carboxylic acids is 5. The van der Waals surface area contributed by atoms with Gasteiger partial charge in [-0.15, -0.1) is 0 Å². The number of nitrogen functional groups attached to an aromatic ring is 1. The van der Waals surface area contributed by atoms with Gasteiger partial charge in [-0.1, -0.05) is 37.5 Å². The van der Waals surface area contributed by atoms with Crippen LogP contribution in [-0.2, 0) is 20.3 Å². The number of methoxy groups -OCH3 is 1. The van der Waals surface area contributed by atoms with Crippen LogP contribution in [0.4, 0.5) is 25.8 Å². The summed E-state index contributed by atoms with van der Waals surface area (Å²) in [6, 6.07) is 13.6. The van der Waals surface area contributed by atoms with Gasteiger partial charge in [-0.25, -0.2) is 4.98 Å². The van der Waals surface area contributed by atoms with E-state index in [0.29, 0.717) is 51.6 Å². The Morgan fingerprint density at radius 2 is 1.75 bits per heavy atom. The highest BCUT2D eigenvalue weighted by molar-refractivity contribution is 6.09. The molecule has 3 fully saturated rings. The number of nitrogens with zero attached hydrogens (tertiary/aromatic N) is 4. The van der Waals surface area contributed by atoms with Crippen molar-refractivity contribution in [2.75, 3.05) is 57.2 Å². The molecule has 5 N–H and O–H groups in total. The third-order valence-corrected chi connectivity index (χ3v) is 12.6. The molecule has 3 aromatic rings. The Morgan fingerprint density at radius 1 is 1.05 bits per heavy atom. The van der Waals surface area contributed by atoms with Crippen LogP contribution in [0.25, 0.3) is 0 Å². The van der Waals surface area contributed by atoms with Crippen LogP contribution in [0.5, 0.6) is 5.75 Å². The van der Waals surface area contributed by atoms with Crippen molar-refractivity contribution in [3.05, 3.63) is 77.1 Å². The maximum Gasteiger partial charge on any atom is 0.287 e. The number of aromatic nitrogens is 1. The summed E-state index contributed by atoms with van der Waals surface area (Å²) in [5.74, 6) is -4.01. The molecule has 3 aliphatic rings. The molecule has 2 heterocycles. The summed E-state index contributed by atoms with van der Waals surface area (Å²) in [4.78, 5) is 73.4. The van der Waals surface area contributed by atoms with Crippen LogP contribution in [-0.4, -0.2) is 104 Å². The number of pyridine rings is 1. The average Bonchev–Trinajstić information content (AvgIpc) is 3.27. The Hall–Kier alpha value is -5.77. The Morgan fingerprint density at radius 3 is 2.39 bits per heavy atom. The Balaban J connectivity index is 0.000000243. The fourth-order valence-corrected chi connectivity index (χ4v) is 8.82. The van der Waals surface area contributed by atoms with E-state index in [1.807, 2.05) is 12.1 Å². The van der Waals surface area contributed by atoms with Gasteiger partial charge < -0.3 is 36.1 Å². The van der Waals surface area contributed by atoms with E-state index >= 15 is 0 Å². The first-order valence-corrected chi connectivity index (χ1v) is 22.2. The van der Waals surface area contributed by atoms with Crippen molar-refractivity contribution in [1.82, 2.24) is 20.1 Å². The van der Waals surface area contributed by atoms with E-state index in [0.717, 1.165) is 37.6 Å². The van der Waals surface area contributed by atoms with Gasteiger partial charge in [0.15, 0.2) is 0 Å². The van der Waals surface area contributed by atoms with Crippen molar-refractivity contribution in [3.63, 3.8) is 0 Å². The highest BCUT2D eigenvalue weighted by Crippen LogP contribution is 2.53. The normalized spacial score (nSPS) is 17.0. The van der Waals surface area contributed by atoms with E-state index in [1.54, 1.807) is 30.5 Å². The number of piperidine rings is 1. The number of nitrogens with one attached hydrogen (secondary N) is 3. The van der Waals surface area contributed by atoms with E-state index < -0.39 is 35.4 Å². The molecule has 4 amide bonds. The van der Waals surface area contributed by atoms with Gasteiger partial charge >= 0.3 is 0 Å². The highest BCUT2D eigenvalue weighted by Gasteiger charge is 2.44.